The number of nitrogens with two attached hydrogens (primary N) is 1. The van der Waals surface area contributed by atoms with Crippen molar-refractivity contribution in [2.75, 3.05) is 5.73 Å². The Balaban J connectivity index is 1.44. The Morgan fingerprint density at radius 1 is 1.14 bits per heavy atom. The summed E-state index contributed by atoms with van der Waals surface area (Å²) in [5.41, 5.74) is 9.64. The van der Waals surface area contributed by atoms with E-state index in [1.54, 1.807) is 23.2 Å². The molecule has 0 aliphatic rings. The van der Waals surface area contributed by atoms with Gasteiger partial charge >= 0.3 is 0 Å². The molecule has 0 fully saturated rings. The molecule has 0 amide bonds. The number of anilines is 1. The Bertz CT molecular complexity index is 1030. The van der Waals surface area contributed by atoms with Gasteiger partial charge in [-0.15, -0.1) is 0 Å². The fraction of sp³-hybridized carbons (Fsp3) is 0.286. The average molecular weight is 376 g/mol. The molecule has 7 nitrogen and oxygen atoms in total. The van der Waals surface area contributed by atoms with Gasteiger partial charge in [0.1, 0.15) is 5.82 Å². The highest BCUT2D eigenvalue weighted by Gasteiger charge is 2.15. The van der Waals surface area contributed by atoms with Crippen molar-refractivity contribution in [3.8, 4) is 23.0 Å². The highest BCUT2D eigenvalue weighted by molar-refractivity contribution is 5.68. The van der Waals surface area contributed by atoms with Gasteiger partial charge in [0.25, 0.3) is 0 Å². The van der Waals surface area contributed by atoms with Crippen LogP contribution in [0.2, 0.25) is 0 Å². The first-order valence-electron chi connectivity index (χ1n) is 9.46. The molecule has 1 aromatic carbocycles. The molecule has 0 unspecified atom stereocenters. The van der Waals surface area contributed by atoms with Crippen molar-refractivity contribution < 1.29 is 4.42 Å². The number of H-pyrrole nitrogens is 1. The molecule has 0 saturated heterocycles. The van der Waals surface area contributed by atoms with E-state index in [0.717, 1.165) is 12.8 Å². The monoisotopic (exact) mass is 376 g/mol. The average Bonchev–Trinajstić information content (AvgIpc) is 3.41. The first-order chi connectivity index (χ1) is 13.6. The molecule has 7 heteroatoms. The Morgan fingerprint density at radius 3 is 2.64 bits per heavy atom. The molecule has 28 heavy (non-hydrogen) atoms. The van der Waals surface area contributed by atoms with E-state index in [2.05, 4.69) is 58.4 Å². The van der Waals surface area contributed by atoms with E-state index in [-0.39, 0.29) is 0 Å². The highest BCUT2D eigenvalue weighted by atomic mass is 16.3. The smallest absolute Gasteiger partial charge is 0.192 e. The maximum Gasteiger partial charge on any atom is 0.192 e. The molecular formula is C21H24N6O. The van der Waals surface area contributed by atoms with E-state index in [9.17, 15) is 0 Å². The van der Waals surface area contributed by atoms with Gasteiger partial charge in [-0.05, 0) is 42.0 Å². The lowest BCUT2D eigenvalue weighted by Gasteiger charge is -2.08. The first-order valence-corrected chi connectivity index (χ1v) is 9.46. The molecule has 0 aliphatic carbocycles. The predicted octanol–water partition coefficient (Wildman–Crippen LogP) is 3.95. The van der Waals surface area contributed by atoms with Gasteiger partial charge in [0.05, 0.1) is 18.0 Å². The maximum absolute atomic E-state index is 6.29. The van der Waals surface area contributed by atoms with Crippen LogP contribution in [0.4, 0.5) is 5.82 Å². The van der Waals surface area contributed by atoms with Crippen LogP contribution in [0, 0.1) is 5.92 Å². The van der Waals surface area contributed by atoms with Crippen LogP contribution in [0.25, 0.3) is 23.0 Å². The molecule has 144 valence electrons. The lowest BCUT2D eigenvalue weighted by molar-refractivity contribution is 0.577. The number of aryl methyl sites for hydroxylation is 2. The van der Waals surface area contributed by atoms with E-state index in [0.29, 0.717) is 41.3 Å². The number of hydrogen-bond donors (Lipinski definition) is 2. The minimum atomic E-state index is 0.508. The van der Waals surface area contributed by atoms with Gasteiger partial charge in [-0.1, -0.05) is 38.1 Å². The standard InChI is InChI=1S/C21H24N6O/c1-14(2)12-16-7-5-15(6-8-16)9-10-27-19(22)17(13-23-27)20-24-21(26-25-20)18-4-3-11-28-18/h3-8,11,13-14H,9-10,12,22H2,1-2H3,(H,24,25,26). The summed E-state index contributed by atoms with van der Waals surface area (Å²) in [6.45, 7) is 5.17. The molecule has 0 aliphatic heterocycles. The SMILES string of the molecule is CC(C)Cc1ccc(CCn2ncc(-c3n[nH]c(-c4ccco4)n3)c2N)cc1. The summed E-state index contributed by atoms with van der Waals surface area (Å²) in [5.74, 6) is 2.92. The molecule has 4 aromatic rings. The van der Waals surface area contributed by atoms with Crippen LogP contribution in [0.1, 0.15) is 25.0 Å². The Hall–Kier alpha value is -3.35. The number of aromatic nitrogens is 5. The highest BCUT2D eigenvalue weighted by Crippen LogP contribution is 2.25. The molecule has 0 bridgehead atoms. The van der Waals surface area contributed by atoms with Gasteiger partial charge in [0.15, 0.2) is 17.4 Å². The van der Waals surface area contributed by atoms with Crippen LogP contribution < -0.4 is 5.73 Å². The van der Waals surface area contributed by atoms with Crippen LogP contribution in [0.5, 0.6) is 0 Å². The Morgan fingerprint density at radius 2 is 1.93 bits per heavy atom. The number of nitrogen functional groups attached to an aromatic ring is 1. The van der Waals surface area contributed by atoms with Crippen molar-refractivity contribution in [2.24, 2.45) is 5.92 Å². The van der Waals surface area contributed by atoms with Crippen LogP contribution in [-0.2, 0) is 19.4 Å². The third-order valence-corrected chi connectivity index (χ3v) is 4.64. The second-order valence-electron chi connectivity index (χ2n) is 7.32. The number of rotatable bonds is 7. The van der Waals surface area contributed by atoms with Crippen molar-refractivity contribution in [3.05, 3.63) is 60.0 Å². The van der Waals surface area contributed by atoms with Crippen LogP contribution in [0.15, 0.2) is 53.3 Å². The topological polar surface area (TPSA) is 98.5 Å². The fourth-order valence-corrected chi connectivity index (χ4v) is 3.20. The molecule has 3 aromatic heterocycles. The normalized spacial score (nSPS) is 11.4. The summed E-state index contributed by atoms with van der Waals surface area (Å²) in [6, 6.07) is 12.4. The zero-order valence-corrected chi connectivity index (χ0v) is 16.1. The quantitative estimate of drug-likeness (QED) is 0.509. The molecule has 3 N–H and O–H groups in total. The van der Waals surface area contributed by atoms with Gasteiger partial charge in [-0.3, -0.25) is 5.10 Å². The van der Waals surface area contributed by atoms with E-state index in [4.69, 9.17) is 10.2 Å². The van der Waals surface area contributed by atoms with Gasteiger partial charge < -0.3 is 10.2 Å². The predicted molar refractivity (Wildman–Crippen MR) is 108 cm³/mol. The summed E-state index contributed by atoms with van der Waals surface area (Å²) in [6.07, 6.45) is 5.26. The molecule has 0 saturated carbocycles. The number of nitrogens with zero attached hydrogens (tertiary/aromatic N) is 4. The third-order valence-electron chi connectivity index (χ3n) is 4.64. The summed E-state index contributed by atoms with van der Waals surface area (Å²) in [4.78, 5) is 4.45. The lowest BCUT2D eigenvalue weighted by Crippen LogP contribution is -2.07. The molecule has 3 heterocycles. The van der Waals surface area contributed by atoms with Crippen LogP contribution >= 0.6 is 0 Å². The molecule has 0 radical (unpaired) electrons. The number of nitrogens with one attached hydrogen (secondary N) is 1. The van der Waals surface area contributed by atoms with Crippen molar-refractivity contribution in [2.45, 2.75) is 33.2 Å². The zero-order chi connectivity index (χ0) is 19.5. The number of furan rings is 1. The second-order valence-corrected chi connectivity index (χ2v) is 7.32. The summed E-state index contributed by atoms with van der Waals surface area (Å²) in [7, 11) is 0. The van der Waals surface area contributed by atoms with Crippen LogP contribution in [0.3, 0.4) is 0 Å². The Labute approximate surface area is 163 Å². The van der Waals surface area contributed by atoms with Crippen molar-refractivity contribution in [1.82, 2.24) is 25.0 Å². The van der Waals surface area contributed by atoms with Crippen molar-refractivity contribution in [3.63, 3.8) is 0 Å². The summed E-state index contributed by atoms with van der Waals surface area (Å²) in [5, 5.41) is 11.5. The zero-order valence-electron chi connectivity index (χ0n) is 16.1. The Kier molecular flexibility index (Phi) is 4.97. The summed E-state index contributed by atoms with van der Waals surface area (Å²) < 4.78 is 7.13. The van der Waals surface area contributed by atoms with Gasteiger partial charge in [-0.25, -0.2) is 9.67 Å². The van der Waals surface area contributed by atoms with Gasteiger partial charge in [0.2, 0.25) is 0 Å². The van der Waals surface area contributed by atoms with Crippen LogP contribution in [-0.4, -0.2) is 25.0 Å². The van der Waals surface area contributed by atoms with Gasteiger partial charge in [-0.2, -0.15) is 10.2 Å². The molecule has 4 rings (SSSR count). The minimum absolute atomic E-state index is 0.508. The van der Waals surface area contributed by atoms with E-state index >= 15 is 0 Å². The van der Waals surface area contributed by atoms with Gasteiger partial charge in [0, 0.05) is 6.54 Å². The van der Waals surface area contributed by atoms with E-state index in [1.165, 1.54) is 11.1 Å². The van der Waals surface area contributed by atoms with Crippen molar-refractivity contribution >= 4 is 5.82 Å². The van der Waals surface area contributed by atoms with E-state index in [1.807, 2.05) is 6.07 Å². The largest absolute Gasteiger partial charge is 0.461 e. The maximum atomic E-state index is 6.29. The second kappa shape index (κ2) is 7.72. The minimum Gasteiger partial charge on any atom is -0.461 e. The van der Waals surface area contributed by atoms with E-state index < -0.39 is 0 Å². The molecule has 0 spiro atoms. The molecular weight excluding hydrogens is 352 g/mol. The third kappa shape index (κ3) is 3.83. The fourth-order valence-electron chi connectivity index (χ4n) is 3.20. The number of benzene rings is 1. The summed E-state index contributed by atoms with van der Waals surface area (Å²) >= 11 is 0. The first kappa shape index (κ1) is 18.0. The number of aromatic amines is 1. The van der Waals surface area contributed by atoms with Crippen molar-refractivity contribution in [1.29, 1.82) is 0 Å². The molecule has 0 atom stereocenters. The lowest BCUT2D eigenvalue weighted by atomic mass is 10.0. The number of hydrogen-bond acceptors (Lipinski definition) is 5.